The molecular formula is C20H21N3O3S. The summed E-state index contributed by atoms with van der Waals surface area (Å²) in [4.78, 5) is 12.5. The van der Waals surface area contributed by atoms with Crippen LogP contribution in [0.5, 0.6) is 5.75 Å². The highest BCUT2D eigenvalue weighted by molar-refractivity contribution is 7.71. The predicted octanol–water partition coefficient (Wildman–Crippen LogP) is 4.35. The zero-order chi connectivity index (χ0) is 19.4. The Morgan fingerprint density at radius 3 is 2.74 bits per heavy atom. The minimum Gasteiger partial charge on any atom is -0.484 e. The summed E-state index contributed by atoms with van der Waals surface area (Å²) in [6.07, 6.45) is 0. The second-order valence-corrected chi connectivity index (χ2v) is 6.74. The molecule has 0 bridgehead atoms. The van der Waals surface area contributed by atoms with Crippen molar-refractivity contribution in [2.24, 2.45) is 0 Å². The molecular weight excluding hydrogens is 362 g/mol. The highest BCUT2D eigenvalue weighted by Gasteiger charge is 2.11. The van der Waals surface area contributed by atoms with E-state index in [1.807, 2.05) is 63.2 Å². The molecule has 0 radical (unpaired) electrons. The molecule has 0 aliphatic rings. The Morgan fingerprint density at radius 2 is 1.96 bits per heavy atom. The number of benzene rings is 2. The molecule has 0 fully saturated rings. The lowest BCUT2D eigenvalue weighted by Crippen LogP contribution is -2.20. The van der Waals surface area contributed by atoms with Crippen LogP contribution in [0.4, 0.5) is 5.69 Å². The first-order valence-electron chi connectivity index (χ1n) is 8.54. The van der Waals surface area contributed by atoms with Gasteiger partial charge in [0.1, 0.15) is 12.3 Å². The van der Waals surface area contributed by atoms with Crippen LogP contribution < -0.4 is 10.1 Å². The summed E-state index contributed by atoms with van der Waals surface area (Å²) in [7, 11) is 0. The fourth-order valence-corrected chi connectivity index (χ4v) is 2.76. The number of ether oxygens (including phenoxy) is 1. The van der Waals surface area contributed by atoms with Crippen LogP contribution in [0, 0.1) is 25.6 Å². The van der Waals surface area contributed by atoms with Crippen LogP contribution in [0.1, 0.15) is 22.6 Å². The highest BCUT2D eigenvalue weighted by atomic mass is 32.1. The van der Waals surface area contributed by atoms with Gasteiger partial charge in [-0.3, -0.25) is 4.79 Å². The van der Waals surface area contributed by atoms with Crippen molar-refractivity contribution in [3.8, 4) is 5.75 Å². The lowest BCUT2D eigenvalue weighted by Gasteiger charge is -2.09. The summed E-state index contributed by atoms with van der Waals surface area (Å²) in [5.41, 5.74) is 3.94. The first-order valence-corrected chi connectivity index (χ1v) is 8.95. The molecule has 3 aromatic rings. The number of aryl methyl sites for hydroxylation is 3. The Morgan fingerprint density at radius 1 is 1.19 bits per heavy atom. The van der Waals surface area contributed by atoms with Crippen molar-refractivity contribution < 1.29 is 13.9 Å². The molecule has 7 heteroatoms. The lowest BCUT2D eigenvalue weighted by atomic mass is 10.1. The summed E-state index contributed by atoms with van der Waals surface area (Å²) < 4.78 is 12.4. The van der Waals surface area contributed by atoms with Gasteiger partial charge in [-0.2, -0.15) is 0 Å². The van der Waals surface area contributed by atoms with E-state index in [0.717, 1.165) is 28.1 Å². The fourth-order valence-electron chi connectivity index (χ4n) is 2.55. The number of carbonyl (C=O) groups is 1. The number of hydrogen-bond acceptors (Lipinski definition) is 5. The van der Waals surface area contributed by atoms with Crippen molar-refractivity contribution in [3.63, 3.8) is 0 Å². The maximum absolute atomic E-state index is 12.3. The number of nitrogens with one attached hydrogen (secondary N) is 1. The Labute approximate surface area is 162 Å². The molecule has 0 aliphatic carbocycles. The van der Waals surface area contributed by atoms with E-state index in [4.69, 9.17) is 21.4 Å². The third-order valence-electron chi connectivity index (χ3n) is 3.96. The van der Waals surface area contributed by atoms with E-state index < -0.39 is 0 Å². The molecule has 0 saturated carbocycles. The molecule has 1 heterocycles. The topological polar surface area (TPSA) is 69.3 Å². The van der Waals surface area contributed by atoms with E-state index in [0.29, 0.717) is 5.89 Å². The van der Waals surface area contributed by atoms with Crippen molar-refractivity contribution in [3.05, 3.63) is 69.9 Å². The summed E-state index contributed by atoms with van der Waals surface area (Å²) in [6.45, 7) is 6.02. The van der Waals surface area contributed by atoms with Gasteiger partial charge in [-0.15, -0.1) is 5.10 Å². The van der Waals surface area contributed by atoms with Gasteiger partial charge in [0.15, 0.2) is 6.61 Å². The number of anilines is 1. The maximum Gasteiger partial charge on any atom is 0.287 e. The maximum atomic E-state index is 12.3. The zero-order valence-electron chi connectivity index (χ0n) is 15.5. The fraction of sp³-hybridized carbons (Fsp3) is 0.250. The quantitative estimate of drug-likeness (QED) is 0.641. The first kappa shape index (κ1) is 18.8. The molecule has 0 spiro atoms. The van der Waals surface area contributed by atoms with Gasteiger partial charge in [0.2, 0.25) is 5.91 Å². The van der Waals surface area contributed by atoms with Crippen molar-refractivity contribution >= 4 is 23.8 Å². The van der Waals surface area contributed by atoms with Crippen LogP contribution in [-0.4, -0.2) is 15.7 Å². The highest BCUT2D eigenvalue weighted by Crippen LogP contribution is 2.17. The van der Waals surface area contributed by atoms with E-state index in [1.54, 1.807) is 0 Å². The summed E-state index contributed by atoms with van der Waals surface area (Å²) >= 11 is 5.15. The van der Waals surface area contributed by atoms with Crippen LogP contribution in [0.3, 0.4) is 0 Å². The second-order valence-electron chi connectivity index (χ2n) is 6.39. The van der Waals surface area contributed by atoms with Gasteiger partial charge in [-0.05, 0) is 67.9 Å². The van der Waals surface area contributed by atoms with E-state index in [2.05, 4.69) is 10.4 Å². The van der Waals surface area contributed by atoms with E-state index >= 15 is 0 Å². The number of aromatic nitrogens is 2. The normalized spacial score (nSPS) is 10.6. The Bertz CT molecular complexity index is 1020. The molecule has 2 aromatic carbocycles. The number of rotatable bonds is 6. The smallest absolute Gasteiger partial charge is 0.287 e. The molecule has 0 unspecified atom stereocenters. The van der Waals surface area contributed by atoms with Crippen LogP contribution >= 0.6 is 12.2 Å². The molecule has 6 nitrogen and oxygen atoms in total. The zero-order valence-corrected chi connectivity index (χ0v) is 16.3. The minimum absolute atomic E-state index is 0.0276. The molecule has 1 N–H and O–H groups in total. The Kier molecular flexibility index (Phi) is 5.71. The molecule has 0 aliphatic heterocycles. The summed E-state index contributed by atoms with van der Waals surface area (Å²) in [5, 5.41) is 7.11. The van der Waals surface area contributed by atoms with Crippen LogP contribution in [0.15, 0.2) is 46.9 Å². The number of hydrogen-bond donors (Lipinski definition) is 1. The largest absolute Gasteiger partial charge is 0.484 e. The first-order chi connectivity index (χ1) is 12.9. The molecule has 0 atom stereocenters. The van der Waals surface area contributed by atoms with Crippen molar-refractivity contribution in [2.75, 3.05) is 5.32 Å². The summed E-state index contributed by atoms with van der Waals surface area (Å²) in [6, 6.07) is 13.6. The van der Waals surface area contributed by atoms with Gasteiger partial charge in [0, 0.05) is 5.69 Å². The number of carbonyl (C=O) groups excluding carboxylic acids is 1. The lowest BCUT2D eigenvalue weighted by molar-refractivity contribution is -0.117. The van der Waals surface area contributed by atoms with E-state index in [-0.39, 0.29) is 23.9 Å². The van der Waals surface area contributed by atoms with E-state index in [9.17, 15) is 4.79 Å². The standard InChI is InChI=1S/C20H21N3O3S/c1-13-5-4-6-16(9-13)25-12-19-22-23(20(27)26-19)11-18(24)21-17-10-14(2)7-8-15(17)3/h4-10H,11-12H2,1-3H3,(H,21,24). The van der Waals surface area contributed by atoms with Crippen molar-refractivity contribution in [2.45, 2.75) is 33.9 Å². The predicted molar refractivity (Wildman–Crippen MR) is 105 cm³/mol. The molecule has 27 heavy (non-hydrogen) atoms. The van der Waals surface area contributed by atoms with Gasteiger partial charge in [-0.25, -0.2) is 4.68 Å². The molecule has 140 valence electrons. The monoisotopic (exact) mass is 383 g/mol. The van der Waals surface area contributed by atoms with Gasteiger partial charge in [0.25, 0.3) is 10.7 Å². The molecule has 3 rings (SSSR count). The van der Waals surface area contributed by atoms with Crippen LogP contribution in [-0.2, 0) is 17.9 Å². The SMILES string of the molecule is Cc1cccc(OCc2nn(CC(=O)Nc3cc(C)ccc3C)c(=S)o2)c1. The number of nitrogens with zero attached hydrogens (tertiary/aromatic N) is 2. The number of amides is 1. The third kappa shape index (κ3) is 5.04. The van der Waals surface area contributed by atoms with Crippen molar-refractivity contribution in [1.29, 1.82) is 0 Å². The third-order valence-corrected chi connectivity index (χ3v) is 4.25. The minimum atomic E-state index is -0.223. The van der Waals surface area contributed by atoms with Gasteiger partial charge < -0.3 is 14.5 Å². The van der Waals surface area contributed by atoms with Gasteiger partial charge >= 0.3 is 0 Å². The summed E-state index contributed by atoms with van der Waals surface area (Å²) in [5.74, 6) is 0.818. The van der Waals surface area contributed by atoms with Gasteiger partial charge in [0.05, 0.1) is 0 Å². The average molecular weight is 383 g/mol. The Balaban J connectivity index is 1.63. The molecule has 1 aromatic heterocycles. The molecule has 0 saturated heterocycles. The van der Waals surface area contributed by atoms with E-state index in [1.165, 1.54) is 4.68 Å². The average Bonchev–Trinajstić information content (AvgIpc) is 2.96. The molecule has 1 amide bonds. The van der Waals surface area contributed by atoms with Crippen LogP contribution in [0.25, 0.3) is 0 Å². The van der Waals surface area contributed by atoms with Gasteiger partial charge in [-0.1, -0.05) is 24.3 Å². The Hall–Kier alpha value is -2.93. The van der Waals surface area contributed by atoms with Crippen LogP contribution in [0.2, 0.25) is 0 Å². The van der Waals surface area contributed by atoms with Crippen molar-refractivity contribution in [1.82, 2.24) is 9.78 Å². The second kappa shape index (κ2) is 8.18.